The normalized spacial score (nSPS) is 13.4. The number of amides is 1. The van der Waals surface area contributed by atoms with Crippen molar-refractivity contribution < 1.29 is 9.53 Å². The predicted octanol–water partition coefficient (Wildman–Crippen LogP) is 4.39. The van der Waals surface area contributed by atoms with E-state index in [2.05, 4.69) is 44.7 Å². The molecule has 8 nitrogen and oxygen atoms in total. The van der Waals surface area contributed by atoms with Crippen molar-refractivity contribution in [2.24, 2.45) is 0 Å². The molecule has 0 atom stereocenters. The number of rotatable bonds is 5. The Bertz CT molecular complexity index is 1370. The van der Waals surface area contributed by atoms with Crippen LogP contribution in [0.25, 0.3) is 22.0 Å². The van der Waals surface area contributed by atoms with Crippen molar-refractivity contribution in [2.45, 2.75) is 19.9 Å². The van der Waals surface area contributed by atoms with Crippen LogP contribution < -0.4 is 15.4 Å². The van der Waals surface area contributed by atoms with Crippen LogP contribution in [0.2, 0.25) is 0 Å². The van der Waals surface area contributed by atoms with Gasteiger partial charge < -0.3 is 20.3 Å². The first-order chi connectivity index (χ1) is 16.5. The van der Waals surface area contributed by atoms with Gasteiger partial charge in [-0.1, -0.05) is 12.1 Å². The highest BCUT2D eigenvalue weighted by atomic mass is 16.5. The van der Waals surface area contributed by atoms with Gasteiger partial charge in [0.2, 0.25) is 11.9 Å². The Morgan fingerprint density at radius 2 is 1.88 bits per heavy atom. The number of pyridine rings is 1. The zero-order chi connectivity index (χ0) is 23.7. The van der Waals surface area contributed by atoms with E-state index >= 15 is 0 Å². The fourth-order valence-corrected chi connectivity index (χ4v) is 4.20. The molecule has 0 aliphatic carbocycles. The minimum Gasteiger partial charge on any atom is -0.495 e. The van der Waals surface area contributed by atoms with Gasteiger partial charge in [-0.15, -0.1) is 0 Å². The summed E-state index contributed by atoms with van der Waals surface area (Å²) in [4.78, 5) is 27.1. The summed E-state index contributed by atoms with van der Waals surface area (Å²) in [6, 6.07) is 14.0. The summed E-state index contributed by atoms with van der Waals surface area (Å²) in [6.45, 7) is 3.41. The summed E-state index contributed by atoms with van der Waals surface area (Å²) in [5, 5.41) is 6.97. The first kappa shape index (κ1) is 21.8. The molecule has 8 heteroatoms. The lowest BCUT2D eigenvalue weighted by Crippen LogP contribution is -2.26. The number of aromatic nitrogens is 3. The van der Waals surface area contributed by atoms with Gasteiger partial charge in [-0.05, 0) is 60.5 Å². The largest absolute Gasteiger partial charge is 0.495 e. The summed E-state index contributed by atoms with van der Waals surface area (Å²) < 4.78 is 5.64. The lowest BCUT2D eigenvalue weighted by molar-refractivity contribution is -0.114. The number of hydrogen-bond donors (Lipinski definition) is 2. The Hall–Kier alpha value is -4.04. The van der Waals surface area contributed by atoms with E-state index in [0.717, 1.165) is 53.0 Å². The van der Waals surface area contributed by atoms with Gasteiger partial charge in [0, 0.05) is 43.4 Å². The molecule has 1 aliphatic heterocycles. The van der Waals surface area contributed by atoms with Gasteiger partial charge in [-0.25, -0.2) is 15.0 Å². The fourth-order valence-electron chi connectivity index (χ4n) is 4.20. The van der Waals surface area contributed by atoms with E-state index in [-0.39, 0.29) is 5.91 Å². The van der Waals surface area contributed by atoms with Crippen LogP contribution in [0, 0.1) is 0 Å². The van der Waals surface area contributed by atoms with Gasteiger partial charge in [-0.2, -0.15) is 0 Å². The first-order valence-electron chi connectivity index (χ1n) is 11.1. The third kappa shape index (κ3) is 4.53. The average molecular weight is 455 g/mol. The highest BCUT2D eigenvalue weighted by Gasteiger charge is 2.17. The van der Waals surface area contributed by atoms with Gasteiger partial charge in [0.25, 0.3) is 0 Å². The van der Waals surface area contributed by atoms with Crippen LogP contribution >= 0.6 is 0 Å². The highest BCUT2D eigenvalue weighted by molar-refractivity contribution is 5.88. The molecule has 0 saturated heterocycles. The second-order valence-corrected chi connectivity index (χ2v) is 8.51. The van der Waals surface area contributed by atoms with Gasteiger partial charge >= 0.3 is 0 Å². The number of nitrogens with zero attached hydrogens (tertiary/aromatic N) is 4. The maximum absolute atomic E-state index is 11.2. The Morgan fingerprint density at radius 3 is 2.65 bits per heavy atom. The molecule has 1 aliphatic rings. The number of methoxy groups -OCH3 is 1. The quantitative estimate of drug-likeness (QED) is 0.462. The molecule has 1 amide bonds. The first-order valence-corrected chi connectivity index (χ1v) is 11.1. The molecule has 0 saturated carbocycles. The second-order valence-electron chi connectivity index (χ2n) is 8.51. The van der Waals surface area contributed by atoms with Crippen LogP contribution in [0.1, 0.15) is 18.1 Å². The third-order valence-electron chi connectivity index (χ3n) is 5.95. The summed E-state index contributed by atoms with van der Waals surface area (Å²) >= 11 is 0. The standard InChI is InChI=1S/C26H26N6O2/c1-16(33)29-25-7-6-19(13-27-25)17-4-5-20-14-28-26(30-22(20)10-17)31-23-11-21-15-32(2)9-8-18(21)12-24(23)34-3/h4-7,10-14H,8-9,15H2,1-3H3,(H,27,29,33)(H,28,30,31). The number of ether oxygens (including phenoxy) is 1. The third-order valence-corrected chi connectivity index (χ3v) is 5.95. The number of carbonyl (C=O) groups is 1. The molecule has 2 aromatic carbocycles. The van der Waals surface area contributed by atoms with Crippen LogP contribution in [0.4, 0.5) is 17.5 Å². The Balaban J connectivity index is 1.44. The van der Waals surface area contributed by atoms with Crippen LogP contribution in [0.15, 0.2) is 54.9 Å². The monoisotopic (exact) mass is 454 g/mol. The van der Waals surface area contributed by atoms with E-state index in [4.69, 9.17) is 9.72 Å². The number of benzene rings is 2. The molecule has 5 rings (SSSR count). The fraction of sp³-hybridized carbons (Fsp3) is 0.231. The van der Waals surface area contributed by atoms with E-state index in [1.54, 1.807) is 19.4 Å². The molecule has 0 fully saturated rings. The van der Waals surface area contributed by atoms with Gasteiger partial charge in [-0.3, -0.25) is 4.79 Å². The Morgan fingerprint density at radius 1 is 1.03 bits per heavy atom. The molecule has 0 radical (unpaired) electrons. The number of anilines is 3. The maximum Gasteiger partial charge on any atom is 0.227 e. The van der Waals surface area contributed by atoms with E-state index in [0.29, 0.717) is 11.8 Å². The lowest BCUT2D eigenvalue weighted by Gasteiger charge is -2.26. The van der Waals surface area contributed by atoms with Crippen molar-refractivity contribution in [3.05, 3.63) is 66.0 Å². The Labute approximate surface area is 198 Å². The van der Waals surface area contributed by atoms with Gasteiger partial charge in [0.15, 0.2) is 0 Å². The van der Waals surface area contributed by atoms with E-state index in [1.165, 1.54) is 18.1 Å². The van der Waals surface area contributed by atoms with Gasteiger partial charge in [0.05, 0.1) is 18.3 Å². The summed E-state index contributed by atoms with van der Waals surface area (Å²) in [5.41, 5.74) is 6.19. The molecule has 34 heavy (non-hydrogen) atoms. The second kappa shape index (κ2) is 9.07. The van der Waals surface area contributed by atoms with Crippen LogP contribution in [-0.2, 0) is 17.8 Å². The number of likely N-dealkylation sites (N-methyl/N-ethyl adjacent to an activating group) is 1. The number of carbonyl (C=O) groups excluding carboxylic acids is 1. The zero-order valence-electron chi connectivity index (χ0n) is 19.4. The SMILES string of the molecule is COc1cc2c(cc1Nc1ncc3ccc(-c4ccc(NC(C)=O)nc4)cc3n1)CN(C)CC2. The van der Waals surface area contributed by atoms with Crippen LogP contribution in [0.3, 0.4) is 0 Å². The minimum atomic E-state index is -0.148. The van der Waals surface area contributed by atoms with Crippen molar-refractivity contribution in [2.75, 3.05) is 31.3 Å². The lowest BCUT2D eigenvalue weighted by atomic mass is 9.99. The molecule has 3 heterocycles. The smallest absolute Gasteiger partial charge is 0.227 e. The number of fused-ring (bicyclic) bond motifs is 2. The molecule has 0 unspecified atom stereocenters. The number of hydrogen-bond acceptors (Lipinski definition) is 7. The van der Waals surface area contributed by atoms with Crippen LogP contribution in [0.5, 0.6) is 5.75 Å². The highest BCUT2D eigenvalue weighted by Crippen LogP contribution is 2.33. The molecule has 172 valence electrons. The number of nitrogens with one attached hydrogen (secondary N) is 2. The molecule has 4 aromatic rings. The molecular weight excluding hydrogens is 428 g/mol. The summed E-state index contributed by atoms with van der Waals surface area (Å²) in [5.74, 6) is 1.67. The van der Waals surface area contributed by atoms with Gasteiger partial charge in [0.1, 0.15) is 11.6 Å². The summed E-state index contributed by atoms with van der Waals surface area (Å²) in [6.07, 6.45) is 4.56. The summed E-state index contributed by atoms with van der Waals surface area (Å²) in [7, 11) is 3.81. The van der Waals surface area contributed by atoms with Crippen molar-refractivity contribution in [3.63, 3.8) is 0 Å². The molecule has 2 N–H and O–H groups in total. The molecule has 0 bridgehead atoms. The van der Waals surface area contributed by atoms with E-state index < -0.39 is 0 Å². The minimum absolute atomic E-state index is 0.148. The Kier molecular flexibility index (Phi) is 5.81. The molecular formula is C26H26N6O2. The van der Waals surface area contributed by atoms with Crippen molar-refractivity contribution in [1.82, 2.24) is 19.9 Å². The maximum atomic E-state index is 11.2. The molecule has 0 spiro atoms. The van der Waals surface area contributed by atoms with Crippen molar-refractivity contribution in [3.8, 4) is 16.9 Å². The van der Waals surface area contributed by atoms with Crippen molar-refractivity contribution >= 4 is 34.3 Å². The zero-order valence-corrected chi connectivity index (χ0v) is 19.4. The molecule has 2 aromatic heterocycles. The van der Waals surface area contributed by atoms with Crippen molar-refractivity contribution in [1.29, 1.82) is 0 Å². The van der Waals surface area contributed by atoms with E-state index in [1.807, 2.05) is 30.5 Å². The van der Waals surface area contributed by atoms with E-state index in [9.17, 15) is 4.79 Å². The predicted molar refractivity (Wildman–Crippen MR) is 133 cm³/mol. The average Bonchev–Trinajstić information content (AvgIpc) is 2.83. The van der Waals surface area contributed by atoms with Crippen LogP contribution in [-0.4, -0.2) is 46.5 Å². The topological polar surface area (TPSA) is 92.3 Å².